The molecule has 0 aromatic heterocycles. The first-order valence-corrected chi connectivity index (χ1v) is 6.07. The lowest BCUT2D eigenvalue weighted by Gasteiger charge is -2.17. The maximum Gasteiger partial charge on any atom is 0.446 e. The predicted octanol–water partition coefficient (Wildman–Crippen LogP) is 4.64. The molecule has 19 heavy (non-hydrogen) atoms. The van der Waals surface area contributed by atoms with Crippen molar-refractivity contribution < 1.29 is 26.3 Å². The Morgan fingerprint density at radius 2 is 1.63 bits per heavy atom. The number of nitrogens with two attached hydrogens (primary N) is 1. The van der Waals surface area contributed by atoms with Crippen LogP contribution in [0.15, 0.2) is 29.2 Å². The lowest BCUT2D eigenvalue weighted by molar-refractivity contribution is -0.136. The maximum absolute atomic E-state index is 12.3. The molecule has 0 fully saturated rings. The third kappa shape index (κ3) is 6.20. The summed E-state index contributed by atoms with van der Waals surface area (Å²) in [5.41, 5.74) is 1.12. The van der Waals surface area contributed by atoms with Crippen LogP contribution in [0.1, 0.15) is 24.4 Å². The molecule has 1 rings (SSSR count). The minimum Gasteiger partial charge on any atom is -0.324 e. The number of alkyl halides is 6. The Kier molecular flexibility index (Phi) is 5.14. The average molecular weight is 303 g/mol. The highest BCUT2D eigenvalue weighted by molar-refractivity contribution is 8.00. The topological polar surface area (TPSA) is 26.0 Å². The van der Waals surface area contributed by atoms with E-state index >= 15 is 0 Å². The second-order valence-electron chi connectivity index (χ2n) is 3.85. The van der Waals surface area contributed by atoms with Crippen LogP contribution >= 0.6 is 11.8 Å². The second kappa shape index (κ2) is 6.04. The summed E-state index contributed by atoms with van der Waals surface area (Å²) in [4.78, 5) is -0.162. The van der Waals surface area contributed by atoms with Gasteiger partial charge < -0.3 is 5.73 Å². The number of benzene rings is 1. The Bertz CT molecular complexity index is 414. The van der Waals surface area contributed by atoms with E-state index in [0.717, 1.165) is 0 Å². The van der Waals surface area contributed by atoms with Gasteiger partial charge in [-0.1, -0.05) is 18.2 Å². The molecular formula is C11H11F6NS. The maximum atomic E-state index is 12.3. The average Bonchev–Trinajstić information content (AvgIpc) is 2.23. The molecule has 1 aromatic rings. The Hall–Kier alpha value is -0.890. The van der Waals surface area contributed by atoms with Crippen molar-refractivity contribution in [2.24, 2.45) is 5.73 Å². The predicted molar refractivity (Wildman–Crippen MR) is 60.6 cm³/mol. The van der Waals surface area contributed by atoms with Gasteiger partial charge in [0.25, 0.3) is 0 Å². The van der Waals surface area contributed by atoms with Crippen molar-refractivity contribution in [2.75, 3.05) is 0 Å². The summed E-state index contributed by atoms with van der Waals surface area (Å²) in [6.07, 6.45) is -5.94. The number of hydrogen-bond donors (Lipinski definition) is 1. The minimum absolute atomic E-state index is 0.0778. The van der Waals surface area contributed by atoms with Gasteiger partial charge in [-0.05, 0) is 29.8 Å². The van der Waals surface area contributed by atoms with E-state index in [2.05, 4.69) is 0 Å². The SMILES string of the molecule is N[C@@H](CCC(F)(F)F)c1ccccc1SC(F)(F)F. The lowest BCUT2D eigenvalue weighted by Crippen LogP contribution is -2.17. The smallest absolute Gasteiger partial charge is 0.324 e. The Morgan fingerprint density at radius 1 is 1.05 bits per heavy atom. The van der Waals surface area contributed by atoms with Crippen molar-refractivity contribution in [3.8, 4) is 0 Å². The van der Waals surface area contributed by atoms with Gasteiger partial charge in [-0.15, -0.1) is 0 Å². The summed E-state index contributed by atoms with van der Waals surface area (Å²) < 4.78 is 73.1. The fourth-order valence-electron chi connectivity index (χ4n) is 1.48. The fourth-order valence-corrected chi connectivity index (χ4v) is 2.21. The molecule has 8 heteroatoms. The summed E-state index contributed by atoms with van der Waals surface area (Å²) in [5.74, 6) is 0. The van der Waals surface area contributed by atoms with Crippen LogP contribution in [-0.2, 0) is 0 Å². The molecule has 2 N–H and O–H groups in total. The van der Waals surface area contributed by atoms with Gasteiger partial charge in [0.2, 0.25) is 0 Å². The molecule has 1 atom stereocenters. The van der Waals surface area contributed by atoms with Crippen molar-refractivity contribution in [2.45, 2.75) is 35.5 Å². The molecular weight excluding hydrogens is 292 g/mol. The molecule has 1 aromatic carbocycles. The molecule has 0 saturated heterocycles. The Balaban J connectivity index is 2.82. The monoisotopic (exact) mass is 303 g/mol. The highest BCUT2D eigenvalue weighted by atomic mass is 32.2. The van der Waals surface area contributed by atoms with E-state index in [1.807, 2.05) is 0 Å². The molecule has 0 heterocycles. The first-order valence-electron chi connectivity index (χ1n) is 5.25. The van der Waals surface area contributed by atoms with Crippen LogP contribution in [0.3, 0.4) is 0 Å². The Morgan fingerprint density at radius 3 is 2.16 bits per heavy atom. The zero-order valence-corrected chi connectivity index (χ0v) is 10.4. The van der Waals surface area contributed by atoms with Gasteiger partial charge in [0.15, 0.2) is 0 Å². The molecule has 0 aliphatic rings. The van der Waals surface area contributed by atoms with E-state index in [1.165, 1.54) is 24.3 Å². The largest absolute Gasteiger partial charge is 0.446 e. The molecule has 0 aliphatic carbocycles. The van der Waals surface area contributed by atoms with Crippen molar-refractivity contribution in [3.05, 3.63) is 29.8 Å². The lowest BCUT2D eigenvalue weighted by atomic mass is 10.0. The number of thioether (sulfide) groups is 1. The zero-order chi connectivity index (χ0) is 14.7. The molecule has 1 nitrogen and oxygen atoms in total. The Labute approximate surface area is 110 Å². The first kappa shape index (κ1) is 16.2. The van der Waals surface area contributed by atoms with Crippen LogP contribution < -0.4 is 5.73 Å². The highest BCUT2D eigenvalue weighted by Gasteiger charge is 2.32. The third-order valence-electron chi connectivity index (χ3n) is 2.28. The molecule has 0 radical (unpaired) electrons. The van der Waals surface area contributed by atoms with Crippen molar-refractivity contribution in [3.63, 3.8) is 0 Å². The number of hydrogen-bond acceptors (Lipinski definition) is 2. The number of rotatable bonds is 4. The van der Waals surface area contributed by atoms with Gasteiger partial charge in [-0.3, -0.25) is 0 Å². The highest BCUT2D eigenvalue weighted by Crippen LogP contribution is 2.40. The summed E-state index contributed by atoms with van der Waals surface area (Å²) in [6, 6.07) is 4.26. The van der Waals surface area contributed by atoms with Gasteiger partial charge in [-0.25, -0.2) is 0 Å². The van der Waals surface area contributed by atoms with E-state index in [0.29, 0.717) is 0 Å². The van der Waals surface area contributed by atoms with E-state index < -0.39 is 30.6 Å². The summed E-state index contributed by atoms with van der Waals surface area (Å²) in [5, 5.41) is 0. The molecule has 0 saturated carbocycles. The van der Waals surface area contributed by atoms with Crippen molar-refractivity contribution in [1.82, 2.24) is 0 Å². The van der Waals surface area contributed by atoms with Crippen LogP contribution in [0.5, 0.6) is 0 Å². The summed E-state index contributed by atoms with van der Waals surface area (Å²) in [6.45, 7) is 0. The van der Waals surface area contributed by atoms with Gasteiger partial charge in [0, 0.05) is 17.4 Å². The van der Waals surface area contributed by atoms with E-state index in [-0.39, 0.29) is 22.2 Å². The van der Waals surface area contributed by atoms with Crippen LogP contribution in [0.4, 0.5) is 26.3 Å². The van der Waals surface area contributed by atoms with E-state index in [4.69, 9.17) is 5.73 Å². The first-order chi connectivity index (χ1) is 8.58. The zero-order valence-electron chi connectivity index (χ0n) is 9.55. The molecule has 0 unspecified atom stereocenters. The van der Waals surface area contributed by atoms with Crippen LogP contribution in [0.2, 0.25) is 0 Å². The molecule has 0 aliphatic heterocycles. The third-order valence-corrected chi connectivity index (χ3v) is 3.11. The van der Waals surface area contributed by atoms with Crippen LogP contribution in [0, 0.1) is 0 Å². The van der Waals surface area contributed by atoms with Crippen LogP contribution in [0.25, 0.3) is 0 Å². The minimum atomic E-state index is -4.50. The molecule has 0 spiro atoms. The molecule has 0 amide bonds. The van der Waals surface area contributed by atoms with Gasteiger partial charge in [0.1, 0.15) is 0 Å². The van der Waals surface area contributed by atoms with Gasteiger partial charge in [-0.2, -0.15) is 26.3 Å². The van der Waals surface area contributed by atoms with E-state index in [9.17, 15) is 26.3 Å². The standard InChI is InChI=1S/C11H11F6NS/c12-10(13,14)6-5-8(18)7-3-1-2-4-9(7)19-11(15,16)17/h1-4,8H,5-6,18H2/t8-/m0/s1. The van der Waals surface area contributed by atoms with Crippen LogP contribution in [-0.4, -0.2) is 11.7 Å². The fraction of sp³-hybridized carbons (Fsp3) is 0.455. The molecule has 108 valence electrons. The quantitative estimate of drug-likeness (QED) is 0.647. The summed E-state index contributed by atoms with van der Waals surface area (Å²) >= 11 is -0.372. The van der Waals surface area contributed by atoms with Crippen molar-refractivity contribution in [1.29, 1.82) is 0 Å². The van der Waals surface area contributed by atoms with E-state index in [1.54, 1.807) is 0 Å². The number of halogens is 6. The van der Waals surface area contributed by atoms with Crippen molar-refractivity contribution >= 4 is 11.8 Å². The molecule has 0 bridgehead atoms. The second-order valence-corrected chi connectivity index (χ2v) is 4.95. The van der Waals surface area contributed by atoms with Gasteiger partial charge >= 0.3 is 11.7 Å². The van der Waals surface area contributed by atoms with Gasteiger partial charge in [0.05, 0.1) is 0 Å². The summed E-state index contributed by atoms with van der Waals surface area (Å²) in [7, 11) is 0. The normalized spacial score (nSPS) is 14.5.